The van der Waals surface area contributed by atoms with E-state index in [2.05, 4.69) is 5.32 Å². The van der Waals surface area contributed by atoms with Gasteiger partial charge in [-0.3, -0.25) is 9.59 Å². The van der Waals surface area contributed by atoms with Crippen LogP contribution in [-0.4, -0.2) is 17.0 Å². The van der Waals surface area contributed by atoms with Crippen molar-refractivity contribution in [1.82, 2.24) is 5.32 Å². The minimum Gasteiger partial charge on any atom is -0.481 e. The highest BCUT2D eigenvalue weighted by molar-refractivity contribution is 5.86. The van der Waals surface area contributed by atoms with Crippen LogP contribution >= 0.6 is 0 Å². The average Bonchev–Trinajstić information content (AvgIpc) is 3.06. The van der Waals surface area contributed by atoms with E-state index in [-0.39, 0.29) is 30.1 Å². The van der Waals surface area contributed by atoms with E-state index in [4.69, 9.17) is 0 Å². The Morgan fingerprint density at radius 1 is 1.14 bits per heavy atom. The lowest BCUT2D eigenvalue weighted by atomic mass is 9.82. The van der Waals surface area contributed by atoms with Crippen molar-refractivity contribution in [2.75, 3.05) is 0 Å². The molecule has 5 heteroatoms. The van der Waals surface area contributed by atoms with Gasteiger partial charge in [0.05, 0.1) is 11.8 Å². The maximum atomic E-state index is 12.8. The third-order valence-corrected chi connectivity index (χ3v) is 4.43. The van der Waals surface area contributed by atoms with Gasteiger partial charge in [0.1, 0.15) is 5.82 Å². The molecule has 1 saturated carbocycles. The molecule has 4 nitrogen and oxygen atoms in total. The summed E-state index contributed by atoms with van der Waals surface area (Å²) in [4.78, 5) is 23.7. The van der Waals surface area contributed by atoms with Crippen molar-refractivity contribution in [2.45, 2.75) is 13.0 Å². The smallest absolute Gasteiger partial charge is 0.307 e. The molecular formula is C16H16FNO3. The molecule has 1 fully saturated rings. The molecule has 21 heavy (non-hydrogen) atoms. The minimum absolute atomic E-state index is 0.0179. The van der Waals surface area contributed by atoms with Gasteiger partial charge in [0.15, 0.2) is 0 Å². The predicted molar refractivity (Wildman–Crippen MR) is 73.6 cm³/mol. The summed E-state index contributed by atoms with van der Waals surface area (Å²) in [6, 6.07) is 5.87. The number of nitrogens with one attached hydrogen (secondary N) is 1. The molecule has 2 bridgehead atoms. The van der Waals surface area contributed by atoms with Gasteiger partial charge in [0.25, 0.3) is 0 Å². The molecule has 1 aromatic carbocycles. The Morgan fingerprint density at radius 2 is 1.76 bits per heavy atom. The first kappa shape index (κ1) is 13.8. The van der Waals surface area contributed by atoms with Crippen LogP contribution in [0, 0.1) is 29.5 Å². The monoisotopic (exact) mass is 289 g/mol. The summed E-state index contributed by atoms with van der Waals surface area (Å²) < 4.78 is 12.8. The molecule has 1 amide bonds. The first-order valence-corrected chi connectivity index (χ1v) is 6.99. The lowest BCUT2D eigenvalue weighted by Gasteiger charge is -2.23. The number of amides is 1. The molecular weight excluding hydrogens is 273 g/mol. The summed E-state index contributed by atoms with van der Waals surface area (Å²) in [6.07, 6.45) is 4.60. The van der Waals surface area contributed by atoms with Crippen LogP contribution in [0.5, 0.6) is 0 Å². The highest BCUT2D eigenvalue weighted by Crippen LogP contribution is 2.48. The van der Waals surface area contributed by atoms with Crippen molar-refractivity contribution in [2.24, 2.45) is 23.7 Å². The fraction of sp³-hybridized carbons (Fsp3) is 0.375. The number of carbonyl (C=O) groups is 2. The highest BCUT2D eigenvalue weighted by atomic mass is 19.1. The van der Waals surface area contributed by atoms with E-state index in [0.717, 1.165) is 12.0 Å². The van der Waals surface area contributed by atoms with E-state index >= 15 is 0 Å². The van der Waals surface area contributed by atoms with Crippen LogP contribution in [-0.2, 0) is 16.1 Å². The lowest BCUT2D eigenvalue weighted by Crippen LogP contribution is -2.39. The Morgan fingerprint density at radius 3 is 2.38 bits per heavy atom. The van der Waals surface area contributed by atoms with Gasteiger partial charge in [-0.15, -0.1) is 0 Å². The summed E-state index contributed by atoms with van der Waals surface area (Å²) in [5, 5.41) is 12.1. The standard InChI is InChI=1S/C16H16FNO3/c17-12-5-1-9(2-6-12)8-18-15(19)13-10-3-4-11(7-10)14(13)16(20)21/h1-6,10-11,13-14H,7-8H2,(H,18,19)(H,20,21)/t10-,11+,13-,14+/m0/s1. The molecule has 110 valence electrons. The summed E-state index contributed by atoms with van der Waals surface area (Å²) in [7, 11) is 0. The van der Waals surface area contributed by atoms with Crippen molar-refractivity contribution in [3.05, 3.63) is 47.8 Å². The van der Waals surface area contributed by atoms with Gasteiger partial charge in [-0.05, 0) is 36.0 Å². The van der Waals surface area contributed by atoms with Gasteiger partial charge in [-0.1, -0.05) is 24.3 Å². The highest BCUT2D eigenvalue weighted by Gasteiger charge is 2.51. The second kappa shape index (κ2) is 5.31. The van der Waals surface area contributed by atoms with E-state index in [1.807, 2.05) is 12.2 Å². The molecule has 0 spiro atoms. The predicted octanol–water partition coefficient (Wildman–Crippen LogP) is 1.96. The largest absolute Gasteiger partial charge is 0.481 e. The third-order valence-electron chi connectivity index (χ3n) is 4.43. The number of rotatable bonds is 4. The van der Waals surface area contributed by atoms with Gasteiger partial charge in [0.2, 0.25) is 5.91 Å². The zero-order valence-electron chi connectivity index (χ0n) is 11.3. The molecule has 0 heterocycles. The number of hydrogen-bond acceptors (Lipinski definition) is 2. The Labute approximate surface area is 121 Å². The molecule has 4 atom stereocenters. The number of halogens is 1. The summed E-state index contributed by atoms with van der Waals surface area (Å²) in [5.41, 5.74) is 0.787. The van der Waals surface area contributed by atoms with Crippen LogP contribution in [0.25, 0.3) is 0 Å². The maximum absolute atomic E-state index is 12.8. The van der Waals surface area contributed by atoms with E-state index in [0.29, 0.717) is 0 Å². The normalized spacial score (nSPS) is 29.6. The zero-order valence-corrected chi connectivity index (χ0v) is 11.3. The van der Waals surface area contributed by atoms with Gasteiger partial charge in [-0.2, -0.15) is 0 Å². The molecule has 2 aliphatic carbocycles. The van der Waals surface area contributed by atoms with Crippen LogP contribution in [0.2, 0.25) is 0 Å². The first-order chi connectivity index (χ1) is 10.1. The van der Waals surface area contributed by atoms with Gasteiger partial charge in [0, 0.05) is 6.54 Å². The Bertz CT molecular complexity index is 596. The number of carboxylic acids is 1. The Kier molecular flexibility index (Phi) is 3.49. The Balaban J connectivity index is 1.66. The maximum Gasteiger partial charge on any atom is 0.307 e. The van der Waals surface area contributed by atoms with Gasteiger partial charge in [-0.25, -0.2) is 4.39 Å². The van der Waals surface area contributed by atoms with Crippen molar-refractivity contribution < 1.29 is 19.1 Å². The van der Waals surface area contributed by atoms with E-state index in [1.165, 1.54) is 12.1 Å². The van der Waals surface area contributed by atoms with Crippen LogP contribution < -0.4 is 5.32 Å². The molecule has 3 rings (SSSR count). The van der Waals surface area contributed by atoms with Crippen molar-refractivity contribution in [1.29, 1.82) is 0 Å². The summed E-state index contributed by atoms with van der Waals surface area (Å²) in [5.74, 6) is -2.61. The fourth-order valence-corrected chi connectivity index (χ4v) is 3.43. The number of aliphatic carboxylic acids is 1. The van der Waals surface area contributed by atoms with Crippen LogP contribution in [0.3, 0.4) is 0 Å². The molecule has 0 unspecified atom stereocenters. The topological polar surface area (TPSA) is 66.4 Å². The van der Waals surface area contributed by atoms with E-state index < -0.39 is 17.8 Å². The Hall–Kier alpha value is -2.17. The molecule has 2 N–H and O–H groups in total. The number of carboxylic acid groups (broad SMARTS) is 1. The fourth-order valence-electron chi connectivity index (χ4n) is 3.43. The number of fused-ring (bicyclic) bond motifs is 2. The lowest BCUT2D eigenvalue weighted by molar-refractivity contribution is -0.147. The molecule has 1 aromatic rings. The number of allylic oxidation sites excluding steroid dienone is 2. The first-order valence-electron chi connectivity index (χ1n) is 6.99. The summed E-state index contributed by atoms with van der Waals surface area (Å²) >= 11 is 0. The van der Waals surface area contributed by atoms with Crippen molar-refractivity contribution in [3.63, 3.8) is 0 Å². The summed E-state index contributed by atoms with van der Waals surface area (Å²) in [6.45, 7) is 0.281. The van der Waals surface area contributed by atoms with Crippen molar-refractivity contribution in [3.8, 4) is 0 Å². The zero-order chi connectivity index (χ0) is 15.0. The van der Waals surface area contributed by atoms with Crippen molar-refractivity contribution >= 4 is 11.9 Å². The minimum atomic E-state index is -0.909. The quantitative estimate of drug-likeness (QED) is 0.833. The third kappa shape index (κ3) is 2.55. The number of carbonyl (C=O) groups excluding carboxylic acids is 1. The SMILES string of the molecule is O=C(NCc1ccc(F)cc1)[C@@H]1[C@H](C(=O)O)[C@@H]2C=C[C@H]1C2. The number of benzene rings is 1. The number of hydrogen-bond donors (Lipinski definition) is 2. The molecule has 0 saturated heterocycles. The van der Waals surface area contributed by atoms with E-state index in [1.54, 1.807) is 12.1 Å². The molecule has 0 radical (unpaired) electrons. The van der Waals surface area contributed by atoms with E-state index in [9.17, 15) is 19.1 Å². The van der Waals surface area contributed by atoms with Gasteiger partial charge < -0.3 is 10.4 Å². The molecule has 2 aliphatic rings. The molecule has 0 aliphatic heterocycles. The van der Waals surface area contributed by atoms with Crippen LogP contribution in [0.4, 0.5) is 4.39 Å². The second-order valence-electron chi connectivity index (χ2n) is 5.68. The second-order valence-corrected chi connectivity index (χ2v) is 5.68. The van der Waals surface area contributed by atoms with Crippen LogP contribution in [0.1, 0.15) is 12.0 Å². The van der Waals surface area contributed by atoms with Crippen LogP contribution in [0.15, 0.2) is 36.4 Å². The van der Waals surface area contributed by atoms with Gasteiger partial charge >= 0.3 is 5.97 Å². The molecule has 0 aromatic heterocycles. The average molecular weight is 289 g/mol.